The number of methoxy groups -OCH3 is 1. The van der Waals surface area contributed by atoms with Gasteiger partial charge in [0.1, 0.15) is 23.4 Å². The topological polar surface area (TPSA) is 121 Å². The molecule has 0 radical (unpaired) electrons. The Morgan fingerprint density at radius 1 is 1.24 bits per heavy atom. The summed E-state index contributed by atoms with van der Waals surface area (Å²) in [5, 5.41) is 14.4. The van der Waals surface area contributed by atoms with E-state index in [-0.39, 0.29) is 24.9 Å². The number of fused-ring (bicyclic) bond motifs is 3. The number of carbonyl (C=O) groups is 3. The number of allylic oxidation sites excluding steroid dienone is 1. The van der Waals surface area contributed by atoms with Gasteiger partial charge in [-0.1, -0.05) is 12.2 Å². The number of amides is 3. The number of carbonyl (C=O) groups excluding carboxylic acids is 2. The second-order valence-electron chi connectivity index (χ2n) is 10.1. The SMILES string of the molecule is COc1ccc2c(O[C@@H]3C[C@H]4C(=O)N[C@]5(C(=O)O)C[C@H]5C=CCCCCN(C)C(=O)N4C3)nccc2c1. The van der Waals surface area contributed by atoms with E-state index in [1.54, 1.807) is 25.3 Å². The zero-order chi connectivity index (χ0) is 26.2. The Labute approximate surface area is 215 Å². The first-order valence-electron chi connectivity index (χ1n) is 12.7. The molecule has 10 heteroatoms. The van der Waals surface area contributed by atoms with Crippen LogP contribution in [0, 0.1) is 5.92 Å². The predicted octanol–water partition coefficient (Wildman–Crippen LogP) is 2.82. The quantitative estimate of drug-likeness (QED) is 0.609. The molecule has 1 saturated carbocycles. The third-order valence-electron chi connectivity index (χ3n) is 7.58. The van der Waals surface area contributed by atoms with Gasteiger partial charge in [-0.2, -0.15) is 0 Å². The number of carboxylic acid groups (broad SMARTS) is 1. The lowest BCUT2D eigenvalue weighted by molar-refractivity contribution is -0.144. The van der Waals surface area contributed by atoms with Crippen LogP contribution in [0.1, 0.15) is 32.1 Å². The van der Waals surface area contributed by atoms with E-state index in [2.05, 4.69) is 10.3 Å². The maximum Gasteiger partial charge on any atom is 0.330 e. The van der Waals surface area contributed by atoms with E-state index in [0.29, 0.717) is 24.6 Å². The van der Waals surface area contributed by atoms with Gasteiger partial charge in [-0.15, -0.1) is 0 Å². The molecule has 1 aliphatic carbocycles. The number of aliphatic carboxylic acids is 1. The van der Waals surface area contributed by atoms with Crippen LogP contribution in [0.5, 0.6) is 11.6 Å². The van der Waals surface area contributed by atoms with Gasteiger partial charge in [-0.05, 0) is 55.3 Å². The van der Waals surface area contributed by atoms with Crippen LogP contribution in [0.3, 0.4) is 0 Å². The zero-order valence-electron chi connectivity index (χ0n) is 21.1. The number of nitrogens with zero attached hydrogens (tertiary/aromatic N) is 3. The number of hydrogen-bond acceptors (Lipinski definition) is 6. The molecule has 0 bridgehead atoms. The molecular weight excluding hydrogens is 476 g/mol. The molecule has 5 rings (SSSR count). The van der Waals surface area contributed by atoms with Crippen LogP contribution >= 0.6 is 0 Å². The van der Waals surface area contributed by atoms with Crippen molar-refractivity contribution in [2.75, 3.05) is 27.2 Å². The fourth-order valence-corrected chi connectivity index (χ4v) is 5.30. The van der Waals surface area contributed by atoms with Crippen molar-refractivity contribution >= 4 is 28.7 Å². The lowest BCUT2D eigenvalue weighted by atomic mass is 10.1. The third kappa shape index (κ3) is 4.80. The van der Waals surface area contributed by atoms with Crippen molar-refractivity contribution in [2.24, 2.45) is 5.92 Å². The molecule has 2 N–H and O–H groups in total. The number of urea groups is 1. The van der Waals surface area contributed by atoms with Gasteiger partial charge in [0.25, 0.3) is 0 Å². The monoisotopic (exact) mass is 508 g/mol. The van der Waals surface area contributed by atoms with Crippen LogP contribution in [0.25, 0.3) is 10.8 Å². The van der Waals surface area contributed by atoms with Crippen molar-refractivity contribution in [2.45, 2.75) is 49.8 Å². The smallest absolute Gasteiger partial charge is 0.330 e. The van der Waals surface area contributed by atoms with Crippen LogP contribution < -0.4 is 14.8 Å². The first-order valence-corrected chi connectivity index (χ1v) is 12.7. The Hall–Kier alpha value is -3.82. The van der Waals surface area contributed by atoms with Gasteiger partial charge in [0, 0.05) is 37.5 Å². The average Bonchev–Trinajstić information content (AvgIpc) is 3.43. The highest BCUT2D eigenvalue weighted by molar-refractivity contribution is 5.94. The summed E-state index contributed by atoms with van der Waals surface area (Å²) in [6, 6.07) is 6.32. The number of hydrogen-bond donors (Lipinski definition) is 2. The molecular formula is C27H32N4O6. The van der Waals surface area contributed by atoms with Crippen LogP contribution in [-0.4, -0.2) is 82.7 Å². The second-order valence-corrected chi connectivity index (χ2v) is 10.1. The minimum Gasteiger partial charge on any atom is -0.497 e. The number of aromatic nitrogens is 1. The van der Waals surface area contributed by atoms with Crippen molar-refractivity contribution in [3.8, 4) is 11.6 Å². The van der Waals surface area contributed by atoms with E-state index in [0.717, 1.165) is 30.0 Å². The Bertz CT molecular complexity index is 1250. The van der Waals surface area contributed by atoms with Gasteiger partial charge in [0.2, 0.25) is 11.8 Å². The molecule has 1 saturated heterocycles. The molecule has 2 fully saturated rings. The normalized spacial score (nSPS) is 28.2. The fourth-order valence-electron chi connectivity index (χ4n) is 5.30. The van der Waals surface area contributed by atoms with Crippen molar-refractivity contribution in [1.29, 1.82) is 0 Å². The summed E-state index contributed by atoms with van der Waals surface area (Å²) in [7, 11) is 3.33. The fraction of sp³-hybridized carbons (Fsp3) is 0.481. The number of ether oxygens (including phenoxy) is 2. The van der Waals surface area contributed by atoms with Gasteiger partial charge in [0.15, 0.2) is 0 Å². The predicted molar refractivity (Wildman–Crippen MR) is 135 cm³/mol. The molecule has 0 spiro atoms. The van der Waals surface area contributed by atoms with Gasteiger partial charge in [-0.3, -0.25) is 4.79 Å². The van der Waals surface area contributed by atoms with Crippen LogP contribution in [0.2, 0.25) is 0 Å². The minimum absolute atomic E-state index is 0.193. The first-order chi connectivity index (χ1) is 17.8. The van der Waals surface area contributed by atoms with E-state index >= 15 is 0 Å². The average molecular weight is 509 g/mol. The van der Waals surface area contributed by atoms with Crippen molar-refractivity contribution in [1.82, 2.24) is 20.1 Å². The highest BCUT2D eigenvalue weighted by Crippen LogP contribution is 2.45. The van der Waals surface area contributed by atoms with Gasteiger partial charge in [-0.25, -0.2) is 14.6 Å². The Morgan fingerprint density at radius 3 is 2.86 bits per heavy atom. The van der Waals surface area contributed by atoms with E-state index < -0.39 is 29.6 Å². The number of benzene rings is 1. The van der Waals surface area contributed by atoms with Gasteiger partial charge in [0.05, 0.1) is 13.7 Å². The minimum atomic E-state index is -1.33. The largest absolute Gasteiger partial charge is 0.497 e. The van der Waals surface area contributed by atoms with Crippen molar-refractivity contribution in [3.05, 3.63) is 42.6 Å². The zero-order valence-corrected chi connectivity index (χ0v) is 21.1. The Balaban J connectivity index is 1.41. The molecule has 1 aromatic heterocycles. The lowest BCUT2D eigenvalue weighted by Gasteiger charge is -2.29. The summed E-state index contributed by atoms with van der Waals surface area (Å²) in [5.74, 6) is -0.662. The lowest BCUT2D eigenvalue weighted by Crippen LogP contribution is -2.54. The summed E-state index contributed by atoms with van der Waals surface area (Å²) in [6.45, 7) is 0.761. The molecule has 3 aliphatic rings. The summed E-state index contributed by atoms with van der Waals surface area (Å²) in [5.41, 5.74) is -1.33. The maximum atomic E-state index is 13.4. The van der Waals surface area contributed by atoms with Crippen molar-refractivity contribution < 1.29 is 29.0 Å². The summed E-state index contributed by atoms with van der Waals surface area (Å²) in [6.07, 6.45) is 8.11. The van der Waals surface area contributed by atoms with E-state index in [9.17, 15) is 19.5 Å². The Kier molecular flexibility index (Phi) is 6.66. The molecule has 3 heterocycles. The van der Waals surface area contributed by atoms with Crippen LogP contribution in [-0.2, 0) is 9.59 Å². The molecule has 2 aromatic rings. The molecule has 0 unspecified atom stereocenters. The molecule has 3 amide bonds. The number of nitrogens with one attached hydrogen (secondary N) is 1. The van der Waals surface area contributed by atoms with E-state index in [1.165, 1.54) is 4.90 Å². The highest BCUT2D eigenvalue weighted by atomic mass is 16.5. The summed E-state index contributed by atoms with van der Waals surface area (Å²) < 4.78 is 11.6. The molecule has 10 nitrogen and oxygen atoms in total. The highest BCUT2D eigenvalue weighted by Gasteiger charge is 2.61. The van der Waals surface area contributed by atoms with E-state index in [4.69, 9.17) is 9.47 Å². The first kappa shape index (κ1) is 24.9. The Morgan fingerprint density at radius 2 is 2.08 bits per heavy atom. The molecule has 196 valence electrons. The molecule has 4 atom stereocenters. The number of rotatable bonds is 4. The van der Waals surface area contributed by atoms with Crippen LogP contribution in [0.4, 0.5) is 4.79 Å². The molecule has 2 aliphatic heterocycles. The standard InChI is InChI=1S/C27H32N4O6/c1-30-12-6-4-3-5-7-18-15-27(18,25(33)34)29-23(32)22-14-20(16-31(22)26(30)35)37-24-21-9-8-19(36-2)13-17(21)10-11-28-24/h5,7-11,13,18,20,22H,3-4,6,12,14-16H2,1-2H3,(H,29,32)(H,33,34)/t18-,20-,22+,27-/m1/s1. The third-order valence-corrected chi connectivity index (χ3v) is 7.58. The molecule has 37 heavy (non-hydrogen) atoms. The van der Waals surface area contributed by atoms with Crippen molar-refractivity contribution in [3.63, 3.8) is 0 Å². The number of pyridine rings is 1. The van der Waals surface area contributed by atoms with Gasteiger partial charge >= 0.3 is 12.0 Å². The van der Waals surface area contributed by atoms with Crippen LogP contribution in [0.15, 0.2) is 42.6 Å². The molecule has 1 aromatic carbocycles. The number of carboxylic acids is 1. The van der Waals surface area contributed by atoms with E-state index in [1.807, 2.05) is 36.4 Å². The van der Waals surface area contributed by atoms with Gasteiger partial charge < -0.3 is 29.7 Å². The summed E-state index contributed by atoms with van der Waals surface area (Å²) >= 11 is 0. The second kappa shape index (κ2) is 9.91. The summed E-state index contributed by atoms with van der Waals surface area (Å²) in [4.78, 5) is 46.5. The maximum absolute atomic E-state index is 13.4.